The number of pyridine rings is 2. The van der Waals surface area contributed by atoms with Crippen molar-refractivity contribution in [3.63, 3.8) is 0 Å². The molecule has 1 saturated heterocycles. The molecule has 0 aromatic carbocycles. The normalized spacial score (nSPS) is 17.6. The second-order valence-corrected chi connectivity index (χ2v) is 12.2. The van der Waals surface area contributed by atoms with Crippen LogP contribution in [0.25, 0.3) is 28.0 Å². The summed E-state index contributed by atoms with van der Waals surface area (Å²) in [5.74, 6) is 0.469. The largest absolute Gasteiger partial charge is 0.355 e. The third-order valence-corrected chi connectivity index (χ3v) is 8.69. The predicted molar refractivity (Wildman–Crippen MR) is 163 cm³/mol. The molecule has 5 rings (SSSR count). The maximum Gasteiger partial charge on any atom is 0.355 e. The molecule has 40 heavy (non-hydrogen) atoms. The molecule has 2 atom stereocenters. The van der Waals surface area contributed by atoms with Crippen molar-refractivity contribution in [3.05, 3.63) is 74.1 Å². The van der Waals surface area contributed by atoms with Gasteiger partial charge in [-0.3, -0.25) is 9.78 Å². The summed E-state index contributed by atoms with van der Waals surface area (Å²) in [5, 5.41) is 3.16. The number of hydrogen-bond acceptors (Lipinski definition) is 7. The molecular formula is C30H33ClN6O2S. The average molecular weight is 577 g/mol. The summed E-state index contributed by atoms with van der Waals surface area (Å²) in [6.07, 6.45) is 3.11. The zero-order valence-corrected chi connectivity index (χ0v) is 25.2. The lowest BCUT2D eigenvalue weighted by Gasteiger charge is -2.44. The van der Waals surface area contributed by atoms with E-state index >= 15 is 0 Å². The van der Waals surface area contributed by atoms with Gasteiger partial charge >= 0.3 is 5.69 Å². The van der Waals surface area contributed by atoms with Crippen molar-refractivity contribution < 1.29 is 4.79 Å². The van der Waals surface area contributed by atoms with Crippen molar-refractivity contribution in [2.24, 2.45) is 0 Å². The van der Waals surface area contributed by atoms with Gasteiger partial charge in [-0.25, -0.2) is 14.3 Å². The third-order valence-electron chi connectivity index (χ3n) is 7.56. The third kappa shape index (κ3) is 4.71. The molecule has 0 N–H and O–H groups in total. The van der Waals surface area contributed by atoms with Gasteiger partial charge in [0.05, 0.1) is 27.5 Å². The fraction of sp³-hybridized carbons (Fsp3) is 0.367. The zero-order chi connectivity index (χ0) is 28.9. The highest BCUT2D eigenvalue weighted by Crippen LogP contribution is 2.37. The second-order valence-electron chi connectivity index (χ2n) is 10.7. The minimum Gasteiger partial charge on any atom is -0.349 e. The van der Waals surface area contributed by atoms with Crippen molar-refractivity contribution in [1.29, 1.82) is 0 Å². The number of amides is 1. The Bertz CT molecular complexity index is 1690. The van der Waals surface area contributed by atoms with Gasteiger partial charge in [-0.1, -0.05) is 32.0 Å². The lowest BCUT2D eigenvalue weighted by molar-refractivity contribution is -0.128. The number of anilines is 1. The van der Waals surface area contributed by atoms with Gasteiger partial charge in [0, 0.05) is 41.8 Å². The van der Waals surface area contributed by atoms with Crippen LogP contribution in [0.2, 0.25) is 5.02 Å². The first-order chi connectivity index (χ1) is 19.0. The van der Waals surface area contributed by atoms with Crippen molar-refractivity contribution in [2.45, 2.75) is 59.5 Å². The Balaban J connectivity index is 1.82. The molecule has 4 aromatic heterocycles. The molecule has 0 bridgehead atoms. The van der Waals surface area contributed by atoms with Crippen LogP contribution in [-0.4, -0.2) is 55.5 Å². The van der Waals surface area contributed by atoms with E-state index in [1.165, 1.54) is 6.08 Å². The number of hydrogen-bond donors (Lipinski definition) is 0. The summed E-state index contributed by atoms with van der Waals surface area (Å²) in [7, 11) is 0. The summed E-state index contributed by atoms with van der Waals surface area (Å²) in [4.78, 5) is 45.8. The summed E-state index contributed by atoms with van der Waals surface area (Å²) in [5.41, 5.74) is 3.97. The van der Waals surface area contributed by atoms with E-state index in [0.717, 1.165) is 21.7 Å². The Hall–Kier alpha value is -3.56. The number of nitrogens with zero attached hydrogens (tertiary/aromatic N) is 6. The molecule has 1 aliphatic rings. The molecule has 0 aliphatic carbocycles. The first-order valence-corrected chi connectivity index (χ1v) is 14.6. The van der Waals surface area contributed by atoms with Gasteiger partial charge in [0.1, 0.15) is 5.82 Å². The van der Waals surface area contributed by atoms with Gasteiger partial charge in [-0.15, -0.1) is 11.3 Å². The number of fused-ring (bicyclic) bond motifs is 1. The number of aryl methyl sites for hydroxylation is 2. The minimum absolute atomic E-state index is 0.0683. The van der Waals surface area contributed by atoms with Crippen LogP contribution in [0.3, 0.4) is 0 Å². The molecule has 1 fully saturated rings. The molecule has 1 aliphatic heterocycles. The Morgan fingerprint density at radius 3 is 2.58 bits per heavy atom. The molecule has 0 spiro atoms. The van der Waals surface area contributed by atoms with Crippen LogP contribution in [0.1, 0.15) is 49.7 Å². The second kappa shape index (κ2) is 10.8. The van der Waals surface area contributed by atoms with E-state index in [1.807, 2.05) is 51.3 Å². The lowest BCUT2D eigenvalue weighted by Crippen LogP contribution is -2.58. The first kappa shape index (κ1) is 28.0. The van der Waals surface area contributed by atoms with E-state index < -0.39 is 5.69 Å². The molecule has 10 heteroatoms. The number of thiophene rings is 1. The number of halogens is 1. The fourth-order valence-corrected chi connectivity index (χ4v) is 6.43. The van der Waals surface area contributed by atoms with E-state index in [4.69, 9.17) is 16.6 Å². The smallest absolute Gasteiger partial charge is 0.349 e. The molecule has 0 radical (unpaired) electrons. The van der Waals surface area contributed by atoms with Gasteiger partial charge < -0.3 is 9.80 Å². The summed E-state index contributed by atoms with van der Waals surface area (Å²) < 4.78 is 1.59. The highest BCUT2D eigenvalue weighted by Gasteiger charge is 2.34. The minimum atomic E-state index is -0.437. The maximum absolute atomic E-state index is 14.0. The van der Waals surface area contributed by atoms with Crippen LogP contribution in [0, 0.1) is 13.8 Å². The van der Waals surface area contributed by atoms with Crippen LogP contribution >= 0.6 is 22.9 Å². The molecule has 208 valence electrons. The first-order valence-electron chi connectivity index (χ1n) is 13.4. The fourth-order valence-electron chi connectivity index (χ4n) is 5.48. The molecule has 4 aromatic rings. The number of carbonyl (C=O) groups is 1. The number of aromatic nitrogens is 4. The predicted octanol–water partition coefficient (Wildman–Crippen LogP) is 5.91. The Labute approximate surface area is 243 Å². The Morgan fingerprint density at radius 1 is 1.18 bits per heavy atom. The Morgan fingerprint density at radius 2 is 1.93 bits per heavy atom. The molecule has 1 amide bonds. The lowest BCUT2D eigenvalue weighted by atomic mass is 10.0. The Kier molecular flexibility index (Phi) is 7.54. The summed E-state index contributed by atoms with van der Waals surface area (Å²) in [6, 6.07) is 5.56. The van der Waals surface area contributed by atoms with E-state index in [-0.39, 0.29) is 23.9 Å². The molecular weight excluding hydrogens is 544 g/mol. The summed E-state index contributed by atoms with van der Waals surface area (Å²) in [6.45, 7) is 16.7. The van der Waals surface area contributed by atoms with Crippen molar-refractivity contribution in [2.75, 3.05) is 18.0 Å². The van der Waals surface area contributed by atoms with Crippen LogP contribution in [0.4, 0.5) is 5.82 Å². The van der Waals surface area contributed by atoms with Gasteiger partial charge in [0.25, 0.3) is 0 Å². The van der Waals surface area contributed by atoms with Gasteiger partial charge in [0.2, 0.25) is 5.91 Å². The van der Waals surface area contributed by atoms with Gasteiger partial charge in [-0.05, 0) is 68.8 Å². The van der Waals surface area contributed by atoms with Crippen molar-refractivity contribution in [3.8, 4) is 16.9 Å². The molecule has 5 heterocycles. The van der Waals surface area contributed by atoms with Crippen molar-refractivity contribution in [1.82, 2.24) is 24.4 Å². The van der Waals surface area contributed by atoms with Crippen LogP contribution in [0.15, 0.2) is 47.2 Å². The van der Waals surface area contributed by atoms with Crippen LogP contribution in [-0.2, 0) is 4.79 Å². The zero-order valence-electron chi connectivity index (χ0n) is 23.6. The molecule has 8 nitrogen and oxygen atoms in total. The van der Waals surface area contributed by atoms with Crippen molar-refractivity contribution >= 4 is 45.7 Å². The number of carbonyl (C=O) groups excluding carboxylic acids is 1. The highest BCUT2D eigenvalue weighted by atomic mass is 35.5. The number of rotatable bonds is 5. The molecule has 0 saturated carbocycles. The quantitative estimate of drug-likeness (QED) is 0.275. The number of piperazine rings is 1. The van der Waals surface area contributed by atoms with E-state index in [2.05, 4.69) is 35.3 Å². The van der Waals surface area contributed by atoms with E-state index in [9.17, 15) is 9.59 Å². The highest BCUT2D eigenvalue weighted by molar-refractivity contribution is 7.10. The maximum atomic E-state index is 14.0. The molecule has 0 unspecified atom stereocenters. The van der Waals surface area contributed by atoms with E-state index in [1.54, 1.807) is 27.0 Å². The van der Waals surface area contributed by atoms with Crippen LogP contribution < -0.4 is 10.6 Å². The SMILES string of the molecule is C=CC(=O)N1C[C@H](C)N(c2nc(=O)n(-c3c(C)ccnc3C(C)C)c3nc(-c4ccsc4C)c(Cl)cc23)C[C@H]1C. The topological polar surface area (TPSA) is 84.2 Å². The van der Waals surface area contributed by atoms with Gasteiger partial charge in [0.15, 0.2) is 5.65 Å². The standard InChI is InChI=1S/C30H33ClN6O2S/c1-8-24(38)35-14-19(6)36(15-18(35)5)28-22-13-23(31)26(21-10-12-40-20(21)7)33-29(22)37(30(39)34-28)27-17(4)9-11-32-25(27)16(2)3/h8-13,16,18-19H,1,14-15H2,2-7H3/t18-,19+/m1/s1. The van der Waals surface area contributed by atoms with E-state index in [0.29, 0.717) is 46.3 Å². The average Bonchev–Trinajstić information content (AvgIpc) is 3.34. The monoisotopic (exact) mass is 576 g/mol. The van der Waals surface area contributed by atoms with Gasteiger partial charge in [-0.2, -0.15) is 4.98 Å². The van der Waals surface area contributed by atoms with Crippen LogP contribution in [0.5, 0.6) is 0 Å². The summed E-state index contributed by atoms with van der Waals surface area (Å²) >= 11 is 8.53.